The molecule has 2 heterocycles. The molecule has 0 unspecified atom stereocenters. The first-order chi connectivity index (χ1) is 11.3. The zero-order chi connectivity index (χ0) is 15.6. The van der Waals surface area contributed by atoms with Gasteiger partial charge in [-0.1, -0.05) is 29.2 Å². The van der Waals surface area contributed by atoms with Gasteiger partial charge in [-0.15, -0.1) is 10.2 Å². The summed E-state index contributed by atoms with van der Waals surface area (Å²) in [5, 5.41) is 15.2. The van der Waals surface area contributed by atoms with Crippen LogP contribution < -0.4 is 10.6 Å². The van der Waals surface area contributed by atoms with Crippen molar-refractivity contribution in [2.24, 2.45) is 0 Å². The highest BCUT2D eigenvalue weighted by atomic mass is 32.2. The number of rotatable bonds is 6. The molecule has 1 amide bonds. The summed E-state index contributed by atoms with van der Waals surface area (Å²) in [5.41, 5.74) is 2.21. The minimum absolute atomic E-state index is 0.0950. The highest BCUT2D eigenvalue weighted by Crippen LogP contribution is 2.30. The van der Waals surface area contributed by atoms with Crippen molar-refractivity contribution in [1.82, 2.24) is 18.9 Å². The van der Waals surface area contributed by atoms with E-state index in [0.29, 0.717) is 11.7 Å². The average molecular weight is 364 g/mol. The Morgan fingerprint density at radius 1 is 1.30 bits per heavy atom. The van der Waals surface area contributed by atoms with Crippen LogP contribution in [0, 0.1) is 0 Å². The fraction of sp³-hybridized carbons (Fsp3) is 0.308. The van der Waals surface area contributed by atoms with E-state index < -0.39 is 0 Å². The van der Waals surface area contributed by atoms with Crippen molar-refractivity contribution in [3.8, 4) is 0 Å². The molecule has 10 heteroatoms. The van der Waals surface area contributed by atoms with Crippen LogP contribution in [0.4, 0.5) is 10.8 Å². The van der Waals surface area contributed by atoms with E-state index in [1.54, 1.807) is 0 Å². The molecule has 1 aromatic carbocycles. The first-order valence-electron chi connectivity index (χ1n) is 7.02. The fourth-order valence-electron chi connectivity index (χ4n) is 1.95. The van der Waals surface area contributed by atoms with Crippen LogP contribution in [-0.2, 0) is 4.79 Å². The largest absolute Gasteiger partial charge is 0.357 e. The summed E-state index contributed by atoms with van der Waals surface area (Å²) in [5.74, 6) is 0.189. The number of amides is 1. The molecule has 0 atom stereocenters. The van der Waals surface area contributed by atoms with E-state index in [9.17, 15) is 4.79 Å². The van der Waals surface area contributed by atoms with Crippen molar-refractivity contribution in [3.63, 3.8) is 0 Å². The molecule has 0 aliphatic heterocycles. The standard InChI is InChI=1S/C13H12N6OS3/c20-10(15-8-2-1-3-9-11(8)19-23-18-9)6-21-13-17-16-12(22-13)14-7-4-5-7/h1-3,7H,4-6H2,(H,14,16)(H,15,20). The summed E-state index contributed by atoms with van der Waals surface area (Å²) in [4.78, 5) is 12.1. The Kier molecular flexibility index (Phi) is 4.10. The van der Waals surface area contributed by atoms with Gasteiger partial charge in [0, 0.05) is 6.04 Å². The molecular formula is C13H12N6OS3. The third kappa shape index (κ3) is 3.59. The molecule has 0 spiro atoms. The summed E-state index contributed by atoms with van der Waals surface area (Å²) >= 11 is 4.00. The number of hydrogen-bond acceptors (Lipinski definition) is 9. The van der Waals surface area contributed by atoms with Crippen LogP contribution in [0.2, 0.25) is 0 Å². The fourth-order valence-corrected chi connectivity index (χ4v) is 4.13. The Hall–Kier alpha value is -1.78. The topological polar surface area (TPSA) is 92.7 Å². The number of nitrogens with one attached hydrogen (secondary N) is 2. The van der Waals surface area contributed by atoms with E-state index >= 15 is 0 Å². The Balaban J connectivity index is 1.34. The number of aromatic nitrogens is 4. The quantitative estimate of drug-likeness (QED) is 0.650. The number of carbonyl (C=O) groups excluding carboxylic acids is 1. The van der Waals surface area contributed by atoms with Crippen LogP contribution in [-0.4, -0.2) is 36.6 Å². The maximum Gasteiger partial charge on any atom is 0.234 e. The molecule has 7 nitrogen and oxygen atoms in total. The normalized spacial score (nSPS) is 14.1. The van der Waals surface area contributed by atoms with Crippen LogP contribution in [0.5, 0.6) is 0 Å². The van der Waals surface area contributed by atoms with Crippen molar-refractivity contribution in [2.75, 3.05) is 16.4 Å². The number of carbonyl (C=O) groups is 1. The average Bonchev–Trinajstić information content (AvgIpc) is 3.04. The Bertz CT molecular complexity index is 843. The van der Waals surface area contributed by atoms with Gasteiger partial charge < -0.3 is 10.6 Å². The van der Waals surface area contributed by atoms with Crippen molar-refractivity contribution < 1.29 is 4.79 Å². The minimum atomic E-state index is -0.0950. The molecule has 4 rings (SSSR count). The van der Waals surface area contributed by atoms with Crippen molar-refractivity contribution in [2.45, 2.75) is 23.2 Å². The first-order valence-corrected chi connectivity index (χ1v) is 9.55. The van der Waals surface area contributed by atoms with Gasteiger partial charge in [-0.3, -0.25) is 4.79 Å². The highest BCUT2D eigenvalue weighted by Gasteiger charge is 2.22. The number of anilines is 2. The van der Waals surface area contributed by atoms with Gasteiger partial charge in [0.05, 0.1) is 23.2 Å². The lowest BCUT2D eigenvalue weighted by Gasteiger charge is -2.04. The number of thioether (sulfide) groups is 1. The Morgan fingerprint density at radius 3 is 3.09 bits per heavy atom. The lowest BCUT2D eigenvalue weighted by Crippen LogP contribution is -2.14. The van der Waals surface area contributed by atoms with Crippen molar-refractivity contribution in [1.29, 1.82) is 0 Å². The van der Waals surface area contributed by atoms with Crippen LogP contribution in [0.15, 0.2) is 22.5 Å². The van der Waals surface area contributed by atoms with E-state index in [0.717, 1.165) is 32.2 Å². The minimum Gasteiger partial charge on any atom is -0.357 e. The van der Waals surface area contributed by atoms with Gasteiger partial charge in [0.15, 0.2) is 4.34 Å². The zero-order valence-electron chi connectivity index (χ0n) is 11.9. The summed E-state index contributed by atoms with van der Waals surface area (Å²) in [6.07, 6.45) is 2.39. The summed E-state index contributed by atoms with van der Waals surface area (Å²) < 4.78 is 9.16. The number of hydrogen-bond donors (Lipinski definition) is 2. The maximum absolute atomic E-state index is 12.1. The second kappa shape index (κ2) is 6.38. The van der Waals surface area contributed by atoms with E-state index in [1.165, 1.54) is 35.9 Å². The predicted molar refractivity (Wildman–Crippen MR) is 93.3 cm³/mol. The maximum atomic E-state index is 12.1. The molecule has 118 valence electrons. The molecule has 2 N–H and O–H groups in total. The predicted octanol–water partition coefficient (Wildman–Crippen LogP) is 2.85. The summed E-state index contributed by atoms with van der Waals surface area (Å²) in [6, 6.07) is 6.11. The van der Waals surface area contributed by atoms with E-state index in [2.05, 4.69) is 29.6 Å². The number of nitrogens with zero attached hydrogens (tertiary/aromatic N) is 4. The molecule has 1 fully saturated rings. The third-order valence-corrected chi connectivity index (χ3v) is 5.73. The van der Waals surface area contributed by atoms with Gasteiger partial charge in [-0.2, -0.15) is 8.75 Å². The molecule has 0 bridgehead atoms. The highest BCUT2D eigenvalue weighted by molar-refractivity contribution is 8.01. The first kappa shape index (κ1) is 14.8. The molecule has 3 aromatic rings. The van der Waals surface area contributed by atoms with Gasteiger partial charge in [-0.05, 0) is 25.0 Å². The van der Waals surface area contributed by atoms with Crippen molar-refractivity contribution >= 4 is 62.6 Å². The summed E-state index contributed by atoms with van der Waals surface area (Å²) in [6.45, 7) is 0. The molecular weight excluding hydrogens is 352 g/mol. The van der Waals surface area contributed by atoms with Gasteiger partial charge in [0.1, 0.15) is 11.0 Å². The number of fused-ring (bicyclic) bond motifs is 1. The molecule has 0 saturated heterocycles. The van der Waals surface area contributed by atoms with Crippen molar-refractivity contribution in [3.05, 3.63) is 18.2 Å². The van der Waals surface area contributed by atoms with Crippen LogP contribution in [0.1, 0.15) is 12.8 Å². The second-order valence-electron chi connectivity index (χ2n) is 5.07. The Morgan fingerprint density at radius 2 is 2.22 bits per heavy atom. The molecule has 2 aromatic heterocycles. The van der Waals surface area contributed by atoms with E-state index in [1.807, 2.05) is 18.2 Å². The van der Waals surface area contributed by atoms with Gasteiger partial charge in [0.2, 0.25) is 11.0 Å². The smallest absolute Gasteiger partial charge is 0.234 e. The lowest BCUT2D eigenvalue weighted by atomic mass is 10.2. The van der Waals surface area contributed by atoms with Crippen LogP contribution in [0.25, 0.3) is 11.0 Å². The molecule has 1 aliphatic rings. The molecule has 23 heavy (non-hydrogen) atoms. The van der Waals surface area contributed by atoms with Gasteiger partial charge in [0.25, 0.3) is 0 Å². The molecule has 1 saturated carbocycles. The third-order valence-electron chi connectivity index (χ3n) is 3.20. The second-order valence-corrected chi connectivity index (χ2v) is 7.79. The van der Waals surface area contributed by atoms with Crippen LogP contribution in [0.3, 0.4) is 0 Å². The van der Waals surface area contributed by atoms with Gasteiger partial charge in [-0.25, -0.2) is 0 Å². The van der Waals surface area contributed by atoms with Gasteiger partial charge >= 0.3 is 0 Å². The van der Waals surface area contributed by atoms with E-state index in [-0.39, 0.29) is 11.7 Å². The van der Waals surface area contributed by atoms with E-state index in [4.69, 9.17) is 0 Å². The number of benzene rings is 1. The zero-order valence-corrected chi connectivity index (χ0v) is 14.3. The van der Waals surface area contributed by atoms with Crippen LogP contribution >= 0.6 is 34.8 Å². The monoisotopic (exact) mass is 364 g/mol. The molecule has 1 aliphatic carbocycles. The Labute approximate surface area is 144 Å². The lowest BCUT2D eigenvalue weighted by molar-refractivity contribution is -0.113. The summed E-state index contributed by atoms with van der Waals surface area (Å²) in [7, 11) is 0. The molecule has 0 radical (unpaired) electrons. The SMILES string of the molecule is O=C(CSc1nnc(NC2CC2)s1)Nc1cccc2nsnc12.